The Morgan fingerprint density at radius 1 is 1.21 bits per heavy atom. The number of methoxy groups -OCH3 is 2. The highest BCUT2D eigenvalue weighted by Crippen LogP contribution is 2.25. The molecule has 0 spiro atoms. The Morgan fingerprint density at radius 2 is 2.00 bits per heavy atom. The smallest absolute Gasteiger partial charge is 0.251 e. The van der Waals surface area contributed by atoms with Crippen molar-refractivity contribution in [2.24, 2.45) is 5.92 Å². The normalized spacial score (nSPS) is 21.0. The van der Waals surface area contributed by atoms with Crippen molar-refractivity contribution >= 4 is 5.91 Å². The molecular weight excluding hydrogens is 356 g/mol. The van der Waals surface area contributed by atoms with Crippen molar-refractivity contribution in [3.63, 3.8) is 0 Å². The summed E-state index contributed by atoms with van der Waals surface area (Å²) in [5.41, 5.74) is 1.23. The number of hydrogen-bond acceptors (Lipinski definition) is 5. The minimum absolute atomic E-state index is 0.144. The molecule has 3 rings (SSSR count). The molecule has 0 bridgehead atoms. The Morgan fingerprint density at radius 3 is 2.68 bits per heavy atom. The fraction of sp³-hybridized carbons (Fsp3) is 0.682. The predicted molar refractivity (Wildman–Crippen MR) is 108 cm³/mol. The number of hydrogen-bond donors (Lipinski definition) is 0. The molecule has 0 aliphatic carbocycles. The monoisotopic (exact) mass is 390 g/mol. The van der Waals surface area contributed by atoms with Crippen LogP contribution in [0.15, 0.2) is 24.3 Å². The molecule has 28 heavy (non-hydrogen) atoms. The van der Waals surface area contributed by atoms with Gasteiger partial charge in [0, 0.05) is 38.9 Å². The summed E-state index contributed by atoms with van der Waals surface area (Å²) in [6, 6.07) is 8.23. The first-order valence-corrected chi connectivity index (χ1v) is 10.4. The summed E-state index contributed by atoms with van der Waals surface area (Å²) >= 11 is 0. The summed E-state index contributed by atoms with van der Waals surface area (Å²) < 4.78 is 16.3. The highest BCUT2D eigenvalue weighted by Gasteiger charge is 2.30. The Bertz CT molecular complexity index is 610. The van der Waals surface area contributed by atoms with Crippen LogP contribution in [-0.2, 0) is 20.8 Å². The largest absolute Gasteiger partial charge is 0.496 e. The molecule has 0 N–H and O–H groups in total. The number of piperidine rings is 1. The van der Waals surface area contributed by atoms with E-state index in [1.807, 2.05) is 17.0 Å². The Kier molecular flexibility index (Phi) is 8.13. The molecular formula is C22H34N2O4. The highest BCUT2D eigenvalue weighted by atomic mass is 16.5. The molecule has 156 valence electrons. The average molecular weight is 391 g/mol. The molecule has 1 amide bonds. The van der Waals surface area contributed by atoms with Gasteiger partial charge in [-0.15, -0.1) is 0 Å². The summed E-state index contributed by atoms with van der Waals surface area (Å²) in [6.45, 7) is 5.75. The molecule has 2 fully saturated rings. The van der Waals surface area contributed by atoms with E-state index in [4.69, 9.17) is 14.2 Å². The fourth-order valence-electron chi connectivity index (χ4n) is 4.18. The van der Waals surface area contributed by atoms with Crippen LogP contribution >= 0.6 is 0 Å². The standard InChI is InChI=1S/C22H34N2O4/c1-26-15-13-24(22(25)21-8-5-14-28-21)16-18-9-11-23(12-10-18)17-19-6-3-4-7-20(19)27-2/h3-4,6-7,18,21H,5,8-17H2,1-2H3. The van der Waals surface area contributed by atoms with E-state index in [-0.39, 0.29) is 12.0 Å². The first kappa shape index (κ1) is 21.1. The van der Waals surface area contributed by atoms with E-state index in [0.29, 0.717) is 25.7 Å². The van der Waals surface area contributed by atoms with E-state index in [9.17, 15) is 4.79 Å². The van der Waals surface area contributed by atoms with Gasteiger partial charge >= 0.3 is 0 Å². The molecule has 0 radical (unpaired) electrons. The van der Waals surface area contributed by atoms with E-state index in [0.717, 1.165) is 57.6 Å². The number of rotatable bonds is 9. The topological polar surface area (TPSA) is 51.2 Å². The second-order valence-corrected chi connectivity index (χ2v) is 7.81. The van der Waals surface area contributed by atoms with Crippen LogP contribution in [0.25, 0.3) is 0 Å². The number of benzene rings is 1. The van der Waals surface area contributed by atoms with Crippen LogP contribution in [0.3, 0.4) is 0 Å². The second kappa shape index (κ2) is 10.8. The first-order valence-electron chi connectivity index (χ1n) is 10.4. The third-order valence-electron chi connectivity index (χ3n) is 5.85. The van der Waals surface area contributed by atoms with Crippen molar-refractivity contribution in [1.29, 1.82) is 0 Å². The molecule has 6 nitrogen and oxygen atoms in total. The zero-order valence-electron chi connectivity index (χ0n) is 17.3. The average Bonchev–Trinajstić information content (AvgIpc) is 3.27. The lowest BCUT2D eigenvalue weighted by atomic mass is 9.95. The summed E-state index contributed by atoms with van der Waals surface area (Å²) in [5.74, 6) is 1.64. The molecule has 1 aromatic carbocycles. The van der Waals surface area contributed by atoms with Gasteiger partial charge in [-0.05, 0) is 50.8 Å². The van der Waals surface area contributed by atoms with Crippen LogP contribution in [0.4, 0.5) is 0 Å². The lowest BCUT2D eigenvalue weighted by Gasteiger charge is -2.35. The van der Waals surface area contributed by atoms with Crippen molar-refractivity contribution < 1.29 is 19.0 Å². The van der Waals surface area contributed by atoms with Gasteiger partial charge in [-0.2, -0.15) is 0 Å². The van der Waals surface area contributed by atoms with Gasteiger partial charge in [0.15, 0.2) is 0 Å². The van der Waals surface area contributed by atoms with Crippen LogP contribution in [0.5, 0.6) is 5.75 Å². The van der Waals surface area contributed by atoms with E-state index in [1.165, 1.54) is 5.56 Å². The lowest BCUT2D eigenvalue weighted by molar-refractivity contribution is -0.142. The summed E-state index contributed by atoms with van der Waals surface area (Å²) in [5, 5.41) is 0. The maximum Gasteiger partial charge on any atom is 0.251 e. The van der Waals surface area contributed by atoms with Crippen LogP contribution in [0.2, 0.25) is 0 Å². The second-order valence-electron chi connectivity index (χ2n) is 7.81. The molecule has 1 unspecified atom stereocenters. The zero-order chi connectivity index (χ0) is 19.8. The minimum atomic E-state index is -0.248. The van der Waals surface area contributed by atoms with Gasteiger partial charge in [0.25, 0.3) is 5.91 Å². The number of carbonyl (C=O) groups excluding carboxylic acids is 1. The van der Waals surface area contributed by atoms with Crippen LogP contribution in [0.1, 0.15) is 31.2 Å². The molecule has 1 atom stereocenters. The lowest BCUT2D eigenvalue weighted by Crippen LogP contribution is -2.45. The maximum atomic E-state index is 12.8. The highest BCUT2D eigenvalue weighted by molar-refractivity contribution is 5.81. The number of amides is 1. The van der Waals surface area contributed by atoms with E-state index >= 15 is 0 Å². The third kappa shape index (κ3) is 5.69. The van der Waals surface area contributed by atoms with Crippen molar-refractivity contribution in [3.05, 3.63) is 29.8 Å². The van der Waals surface area contributed by atoms with Gasteiger partial charge < -0.3 is 19.1 Å². The molecule has 0 saturated carbocycles. The minimum Gasteiger partial charge on any atom is -0.496 e. The number of likely N-dealkylation sites (tertiary alicyclic amines) is 1. The molecule has 1 aromatic rings. The quantitative estimate of drug-likeness (QED) is 0.649. The number of carbonyl (C=O) groups is 1. The van der Waals surface area contributed by atoms with E-state index in [2.05, 4.69) is 17.0 Å². The number of para-hydroxylation sites is 1. The van der Waals surface area contributed by atoms with Gasteiger partial charge in [-0.1, -0.05) is 18.2 Å². The van der Waals surface area contributed by atoms with Crippen molar-refractivity contribution in [2.45, 2.75) is 38.3 Å². The zero-order valence-corrected chi connectivity index (χ0v) is 17.3. The fourth-order valence-corrected chi connectivity index (χ4v) is 4.18. The third-order valence-corrected chi connectivity index (χ3v) is 5.85. The van der Waals surface area contributed by atoms with Gasteiger partial charge in [0.1, 0.15) is 11.9 Å². The Balaban J connectivity index is 1.50. The first-order chi connectivity index (χ1) is 13.7. The van der Waals surface area contributed by atoms with Crippen molar-refractivity contribution in [3.8, 4) is 5.75 Å². The molecule has 2 aliphatic rings. The Hall–Kier alpha value is -1.63. The summed E-state index contributed by atoms with van der Waals surface area (Å²) in [6.07, 6.45) is 3.80. The van der Waals surface area contributed by atoms with Crippen molar-refractivity contribution in [2.75, 3.05) is 53.6 Å². The molecule has 2 aliphatic heterocycles. The molecule has 2 heterocycles. The number of ether oxygens (including phenoxy) is 3. The number of nitrogens with zero attached hydrogens (tertiary/aromatic N) is 2. The van der Waals surface area contributed by atoms with Crippen LogP contribution < -0.4 is 4.74 Å². The molecule has 6 heteroatoms. The van der Waals surface area contributed by atoms with Crippen LogP contribution in [-0.4, -0.2) is 75.4 Å². The summed E-state index contributed by atoms with van der Waals surface area (Å²) in [7, 11) is 3.41. The van der Waals surface area contributed by atoms with Gasteiger partial charge in [-0.3, -0.25) is 9.69 Å². The van der Waals surface area contributed by atoms with Crippen molar-refractivity contribution in [1.82, 2.24) is 9.80 Å². The van der Waals surface area contributed by atoms with E-state index in [1.54, 1.807) is 14.2 Å². The Labute approximate surface area is 168 Å². The van der Waals surface area contributed by atoms with E-state index < -0.39 is 0 Å². The van der Waals surface area contributed by atoms with Gasteiger partial charge in [-0.25, -0.2) is 0 Å². The van der Waals surface area contributed by atoms with Gasteiger partial charge in [0.05, 0.1) is 13.7 Å². The predicted octanol–water partition coefficient (Wildman–Crippen LogP) is 2.56. The van der Waals surface area contributed by atoms with Crippen LogP contribution in [0, 0.1) is 5.92 Å². The SMILES string of the molecule is COCCN(CC1CCN(Cc2ccccc2OC)CC1)C(=O)C1CCCO1. The van der Waals surface area contributed by atoms with Gasteiger partial charge in [0.2, 0.25) is 0 Å². The maximum absolute atomic E-state index is 12.8. The summed E-state index contributed by atoms with van der Waals surface area (Å²) in [4.78, 5) is 17.3. The molecule has 2 saturated heterocycles. The molecule has 0 aromatic heterocycles.